The van der Waals surface area contributed by atoms with Gasteiger partial charge in [0.25, 0.3) is 0 Å². The highest BCUT2D eigenvalue weighted by atomic mass is 16.5. The van der Waals surface area contributed by atoms with Crippen LogP contribution in [-0.2, 0) is 11.3 Å². The van der Waals surface area contributed by atoms with Gasteiger partial charge in [0.2, 0.25) is 0 Å². The summed E-state index contributed by atoms with van der Waals surface area (Å²) in [5.74, 6) is 0.948. The minimum Gasteiger partial charge on any atom is -0.490 e. The zero-order valence-electron chi connectivity index (χ0n) is 13.7. The summed E-state index contributed by atoms with van der Waals surface area (Å²) in [7, 11) is 1.79. The van der Waals surface area contributed by atoms with Crippen LogP contribution in [0, 0.1) is 0 Å². The molecule has 1 aliphatic rings. The summed E-state index contributed by atoms with van der Waals surface area (Å²) in [5, 5.41) is 3.49. The molecule has 1 heterocycles. The highest BCUT2D eigenvalue weighted by Gasteiger charge is 2.23. The number of ether oxygens (including phenoxy) is 2. The van der Waals surface area contributed by atoms with Crippen LogP contribution in [0.25, 0.3) is 0 Å². The van der Waals surface area contributed by atoms with E-state index in [2.05, 4.69) is 31.1 Å². The summed E-state index contributed by atoms with van der Waals surface area (Å²) in [6.07, 6.45) is 8.67. The average Bonchev–Trinajstić information content (AvgIpc) is 2.46. The molecule has 2 rings (SSSR count). The Morgan fingerprint density at radius 3 is 2.76 bits per heavy atom. The lowest BCUT2D eigenvalue weighted by Crippen LogP contribution is -2.35. The van der Waals surface area contributed by atoms with Gasteiger partial charge in [-0.05, 0) is 46.1 Å². The molecular weight excluding hydrogens is 264 g/mol. The second kappa shape index (κ2) is 7.23. The summed E-state index contributed by atoms with van der Waals surface area (Å²) in [5.41, 5.74) is 1.20. The van der Waals surface area contributed by atoms with Crippen LogP contribution in [0.2, 0.25) is 0 Å². The second-order valence-electron chi connectivity index (χ2n) is 6.85. The van der Waals surface area contributed by atoms with Crippen molar-refractivity contribution in [3.8, 4) is 5.75 Å². The van der Waals surface area contributed by atoms with Gasteiger partial charge in [-0.15, -0.1) is 0 Å². The van der Waals surface area contributed by atoms with E-state index in [1.165, 1.54) is 6.42 Å². The Morgan fingerprint density at radius 1 is 1.29 bits per heavy atom. The molecule has 0 saturated heterocycles. The maximum atomic E-state index is 6.22. The number of pyridine rings is 1. The molecule has 2 unspecified atom stereocenters. The lowest BCUT2D eigenvalue weighted by Gasteiger charge is -2.29. The molecular formula is C17H28N2O2. The molecule has 1 N–H and O–H groups in total. The quantitative estimate of drug-likeness (QED) is 0.904. The number of nitrogens with zero attached hydrogens (tertiary/aromatic N) is 1. The largest absolute Gasteiger partial charge is 0.490 e. The Bertz CT molecular complexity index is 443. The molecule has 0 aliphatic heterocycles. The van der Waals surface area contributed by atoms with E-state index in [0.717, 1.165) is 37.1 Å². The van der Waals surface area contributed by atoms with E-state index >= 15 is 0 Å². The molecule has 118 valence electrons. The van der Waals surface area contributed by atoms with Crippen molar-refractivity contribution in [2.45, 2.75) is 70.7 Å². The third-order valence-electron chi connectivity index (χ3n) is 3.87. The number of rotatable bonds is 5. The molecule has 2 atom stereocenters. The molecule has 0 radical (unpaired) electrons. The zero-order valence-corrected chi connectivity index (χ0v) is 13.7. The van der Waals surface area contributed by atoms with Crippen LogP contribution in [-0.4, -0.2) is 29.8 Å². The van der Waals surface area contributed by atoms with Crippen molar-refractivity contribution < 1.29 is 9.47 Å². The molecule has 4 nitrogen and oxygen atoms in total. The molecule has 21 heavy (non-hydrogen) atoms. The zero-order chi connectivity index (χ0) is 15.3. The van der Waals surface area contributed by atoms with Gasteiger partial charge in [-0.1, -0.05) is 0 Å². The third-order valence-corrected chi connectivity index (χ3v) is 3.87. The lowest BCUT2D eigenvalue weighted by molar-refractivity contribution is 0.0206. The van der Waals surface area contributed by atoms with Gasteiger partial charge in [-0.3, -0.25) is 4.98 Å². The van der Waals surface area contributed by atoms with Gasteiger partial charge in [0.15, 0.2) is 0 Å². The molecule has 0 spiro atoms. The monoisotopic (exact) mass is 292 g/mol. The maximum absolute atomic E-state index is 6.22. The molecule has 1 aliphatic carbocycles. The van der Waals surface area contributed by atoms with Gasteiger partial charge in [-0.2, -0.15) is 0 Å². The predicted molar refractivity (Wildman–Crippen MR) is 84.5 cm³/mol. The molecule has 1 saturated carbocycles. The Kier molecular flexibility index (Phi) is 5.59. The Hall–Kier alpha value is -1.13. The summed E-state index contributed by atoms with van der Waals surface area (Å²) in [4.78, 5) is 4.23. The third kappa shape index (κ3) is 5.29. The van der Waals surface area contributed by atoms with Crippen LogP contribution in [0.1, 0.15) is 52.0 Å². The lowest BCUT2D eigenvalue weighted by atomic mass is 9.95. The van der Waals surface area contributed by atoms with Gasteiger partial charge in [-0.25, -0.2) is 0 Å². The number of hydrogen-bond donors (Lipinski definition) is 1. The molecule has 1 aromatic rings. The number of nitrogens with one attached hydrogen (secondary N) is 1. The van der Waals surface area contributed by atoms with Crippen molar-refractivity contribution in [3.63, 3.8) is 0 Å². The van der Waals surface area contributed by atoms with E-state index in [1.54, 1.807) is 13.3 Å². The normalized spacial score (nSPS) is 23.0. The van der Waals surface area contributed by atoms with Crippen LogP contribution in [0.5, 0.6) is 5.75 Å². The molecule has 1 aromatic heterocycles. The summed E-state index contributed by atoms with van der Waals surface area (Å²) < 4.78 is 11.7. The first-order valence-corrected chi connectivity index (χ1v) is 7.85. The highest BCUT2D eigenvalue weighted by molar-refractivity contribution is 5.30. The van der Waals surface area contributed by atoms with Crippen molar-refractivity contribution in [1.82, 2.24) is 10.3 Å². The summed E-state index contributed by atoms with van der Waals surface area (Å²) >= 11 is 0. The van der Waals surface area contributed by atoms with Crippen molar-refractivity contribution in [2.75, 3.05) is 7.11 Å². The Morgan fingerprint density at radius 2 is 2.05 bits per heavy atom. The molecule has 1 fully saturated rings. The van der Waals surface area contributed by atoms with Crippen molar-refractivity contribution in [1.29, 1.82) is 0 Å². The van der Waals surface area contributed by atoms with Gasteiger partial charge in [0.05, 0.1) is 6.10 Å². The first kappa shape index (κ1) is 16.2. The minimum absolute atomic E-state index is 0.0824. The predicted octanol–water partition coefficient (Wildman–Crippen LogP) is 3.31. The van der Waals surface area contributed by atoms with E-state index in [4.69, 9.17) is 9.47 Å². The minimum atomic E-state index is 0.0824. The molecule has 4 heteroatoms. The van der Waals surface area contributed by atoms with Crippen molar-refractivity contribution in [3.05, 3.63) is 24.0 Å². The molecule has 0 amide bonds. The molecule has 0 aromatic carbocycles. The van der Waals surface area contributed by atoms with Crippen LogP contribution < -0.4 is 10.1 Å². The topological polar surface area (TPSA) is 43.4 Å². The van der Waals surface area contributed by atoms with E-state index in [9.17, 15) is 0 Å². The standard InChI is InChI=1S/C17H28N2O2/c1-17(2,3)19-12-13-11-18-9-8-16(13)21-15-7-5-6-14(10-15)20-4/h8-9,11,14-15,19H,5-7,10,12H2,1-4H3. The Balaban J connectivity index is 1.99. The van der Waals surface area contributed by atoms with Gasteiger partial charge in [0, 0.05) is 43.6 Å². The first-order valence-electron chi connectivity index (χ1n) is 7.85. The van der Waals surface area contributed by atoms with Crippen LogP contribution in [0.4, 0.5) is 0 Å². The fourth-order valence-corrected chi connectivity index (χ4v) is 2.63. The van der Waals surface area contributed by atoms with E-state index in [1.807, 2.05) is 12.3 Å². The average molecular weight is 292 g/mol. The van der Waals surface area contributed by atoms with Gasteiger partial charge < -0.3 is 14.8 Å². The fourth-order valence-electron chi connectivity index (χ4n) is 2.63. The van der Waals surface area contributed by atoms with Gasteiger partial charge in [0.1, 0.15) is 11.9 Å². The SMILES string of the molecule is COC1CCCC(Oc2ccncc2CNC(C)(C)C)C1. The molecule has 0 bridgehead atoms. The van der Waals surface area contributed by atoms with Crippen LogP contribution >= 0.6 is 0 Å². The van der Waals surface area contributed by atoms with Crippen molar-refractivity contribution in [2.24, 2.45) is 0 Å². The Labute approximate surface area is 128 Å². The maximum Gasteiger partial charge on any atom is 0.127 e. The number of methoxy groups -OCH3 is 1. The van der Waals surface area contributed by atoms with Crippen LogP contribution in [0.15, 0.2) is 18.5 Å². The number of hydrogen-bond acceptors (Lipinski definition) is 4. The summed E-state index contributed by atoms with van der Waals surface area (Å²) in [6, 6.07) is 1.97. The first-order chi connectivity index (χ1) is 9.98. The second-order valence-corrected chi connectivity index (χ2v) is 6.85. The van der Waals surface area contributed by atoms with Gasteiger partial charge >= 0.3 is 0 Å². The highest BCUT2D eigenvalue weighted by Crippen LogP contribution is 2.27. The number of aromatic nitrogens is 1. The van der Waals surface area contributed by atoms with E-state index in [-0.39, 0.29) is 11.6 Å². The smallest absolute Gasteiger partial charge is 0.127 e. The van der Waals surface area contributed by atoms with Crippen molar-refractivity contribution >= 4 is 0 Å². The van der Waals surface area contributed by atoms with E-state index < -0.39 is 0 Å². The summed E-state index contributed by atoms with van der Waals surface area (Å²) in [6.45, 7) is 7.25. The van der Waals surface area contributed by atoms with Crippen LogP contribution in [0.3, 0.4) is 0 Å². The van der Waals surface area contributed by atoms with E-state index in [0.29, 0.717) is 6.10 Å². The fraction of sp³-hybridized carbons (Fsp3) is 0.706.